The number of nitrogens with zero attached hydrogens (tertiary/aromatic N) is 4. The third kappa shape index (κ3) is 5.87. The minimum Gasteiger partial charge on any atom is -0.484 e. The van der Waals surface area contributed by atoms with Crippen molar-refractivity contribution in [2.24, 2.45) is 0 Å². The third-order valence-electron chi connectivity index (χ3n) is 5.02. The highest BCUT2D eigenvalue weighted by Crippen LogP contribution is 2.29. The van der Waals surface area contributed by atoms with E-state index < -0.39 is 0 Å². The molecule has 33 heavy (non-hydrogen) atoms. The maximum atomic E-state index is 12.1. The summed E-state index contributed by atoms with van der Waals surface area (Å²) in [5.74, 6) is 1.71. The molecule has 4 rings (SSSR count). The number of anilines is 2. The van der Waals surface area contributed by atoms with Gasteiger partial charge in [0.05, 0.1) is 30.8 Å². The number of amides is 1. The second-order valence-electron chi connectivity index (χ2n) is 8.95. The Morgan fingerprint density at radius 1 is 1.27 bits per heavy atom. The summed E-state index contributed by atoms with van der Waals surface area (Å²) in [6, 6.07) is 7.47. The highest BCUT2D eigenvalue weighted by molar-refractivity contribution is 5.78. The van der Waals surface area contributed by atoms with Crippen molar-refractivity contribution in [2.75, 3.05) is 18.5 Å². The van der Waals surface area contributed by atoms with Crippen LogP contribution in [0.4, 0.5) is 11.5 Å². The van der Waals surface area contributed by atoms with Crippen LogP contribution in [0.25, 0.3) is 11.4 Å². The van der Waals surface area contributed by atoms with Crippen molar-refractivity contribution in [2.45, 2.75) is 52.8 Å². The highest BCUT2D eigenvalue weighted by Gasteiger charge is 2.20. The summed E-state index contributed by atoms with van der Waals surface area (Å²) in [5, 5.41) is 10.6. The summed E-state index contributed by atoms with van der Waals surface area (Å²) < 4.78 is 13.2. The van der Waals surface area contributed by atoms with Crippen molar-refractivity contribution in [3.63, 3.8) is 0 Å². The molecule has 1 aliphatic rings. The molecule has 9 nitrogen and oxygen atoms in total. The monoisotopic (exact) mass is 450 g/mol. The molecule has 0 radical (unpaired) electrons. The molecule has 0 unspecified atom stereocenters. The lowest BCUT2D eigenvalue weighted by Gasteiger charge is -2.21. The van der Waals surface area contributed by atoms with E-state index in [1.807, 2.05) is 62.8 Å². The van der Waals surface area contributed by atoms with Gasteiger partial charge in [0.2, 0.25) is 0 Å². The van der Waals surface area contributed by atoms with Gasteiger partial charge in [-0.25, -0.2) is 9.97 Å². The van der Waals surface area contributed by atoms with E-state index in [0.29, 0.717) is 30.6 Å². The molecule has 0 aliphatic carbocycles. The first kappa shape index (κ1) is 22.7. The topological polar surface area (TPSA) is 103 Å². The first-order chi connectivity index (χ1) is 15.8. The molecule has 3 aromatic rings. The zero-order valence-electron chi connectivity index (χ0n) is 19.5. The van der Waals surface area contributed by atoms with Crippen LogP contribution in [0.2, 0.25) is 0 Å². The van der Waals surface area contributed by atoms with Gasteiger partial charge in [-0.05, 0) is 39.8 Å². The van der Waals surface area contributed by atoms with Gasteiger partial charge in [-0.2, -0.15) is 5.10 Å². The molecule has 2 N–H and O–H groups in total. The minimum absolute atomic E-state index is 0.0582. The normalized spacial score (nSPS) is 13.3. The van der Waals surface area contributed by atoms with E-state index in [-0.39, 0.29) is 18.1 Å². The fourth-order valence-corrected chi connectivity index (χ4v) is 3.53. The Morgan fingerprint density at radius 2 is 2.12 bits per heavy atom. The Morgan fingerprint density at radius 3 is 2.88 bits per heavy atom. The Labute approximate surface area is 193 Å². The summed E-state index contributed by atoms with van der Waals surface area (Å²) in [6.07, 6.45) is 4.43. The van der Waals surface area contributed by atoms with Crippen molar-refractivity contribution in [3.05, 3.63) is 47.9 Å². The number of ether oxygens (including phenoxy) is 2. The predicted octanol–water partition coefficient (Wildman–Crippen LogP) is 3.47. The summed E-state index contributed by atoms with van der Waals surface area (Å²) in [7, 11) is 0. The first-order valence-corrected chi connectivity index (χ1v) is 11.1. The fraction of sp³-hybridized carbons (Fsp3) is 0.417. The Balaban J connectivity index is 1.58. The van der Waals surface area contributed by atoms with Gasteiger partial charge in [-0.3, -0.25) is 9.48 Å². The van der Waals surface area contributed by atoms with Gasteiger partial charge in [0.25, 0.3) is 5.91 Å². The fourth-order valence-electron chi connectivity index (χ4n) is 3.53. The zero-order chi connectivity index (χ0) is 23.4. The van der Waals surface area contributed by atoms with E-state index >= 15 is 0 Å². The number of aryl methyl sites for hydroxylation is 1. The highest BCUT2D eigenvalue weighted by atomic mass is 16.5. The number of hydrogen-bond acceptors (Lipinski definition) is 7. The lowest BCUT2D eigenvalue weighted by molar-refractivity contribution is -0.124. The first-order valence-electron chi connectivity index (χ1n) is 11.1. The van der Waals surface area contributed by atoms with Gasteiger partial charge in [0.1, 0.15) is 11.6 Å². The number of carbonyl (C=O) groups is 1. The van der Waals surface area contributed by atoms with Crippen molar-refractivity contribution in [1.82, 2.24) is 25.1 Å². The molecule has 3 heterocycles. The Bertz CT molecular complexity index is 1140. The quantitative estimate of drug-likeness (QED) is 0.568. The molecule has 0 spiro atoms. The number of nitrogens with one attached hydrogen (secondary N) is 2. The molecule has 0 saturated carbocycles. The van der Waals surface area contributed by atoms with Crippen LogP contribution in [0.3, 0.4) is 0 Å². The molecule has 0 saturated heterocycles. The van der Waals surface area contributed by atoms with E-state index in [2.05, 4.69) is 15.7 Å². The smallest absolute Gasteiger partial charge is 0.258 e. The average molecular weight is 451 g/mol. The number of rotatable bonds is 7. The second kappa shape index (κ2) is 9.58. The Hall–Kier alpha value is -3.46. The van der Waals surface area contributed by atoms with Crippen molar-refractivity contribution in [1.29, 1.82) is 0 Å². The molecular formula is C24H30N6O3. The van der Waals surface area contributed by atoms with Crippen LogP contribution in [0.15, 0.2) is 36.7 Å². The number of carbonyl (C=O) groups excluding carboxylic acids is 1. The number of hydrogen-bond donors (Lipinski definition) is 2. The van der Waals surface area contributed by atoms with Crippen LogP contribution < -0.4 is 15.4 Å². The summed E-state index contributed by atoms with van der Waals surface area (Å²) in [5.41, 5.74) is 3.29. The van der Waals surface area contributed by atoms with Crippen molar-refractivity contribution >= 4 is 17.4 Å². The summed E-state index contributed by atoms with van der Waals surface area (Å²) in [4.78, 5) is 21.7. The number of fused-ring (bicyclic) bond motifs is 1. The predicted molar refractivity (Wildman–Crippen MR) is 125 cm³/mol. The lowest BCUT2D eigenvalue weighted by atomic mass is 10.1. The maximum absolute atomic E-state index is 12.1. The lowest BCUT2D eigenvalue weighted by Crippen LogP contribution is -2.43. The Kier molecular flexibility index (Phi) is 6.60. The molecule has 0 bridgehead atoms. The van der Waals surface area contributed by atoms with Gasteiger partial charge in [0.15, 0.2) is 12.4 Å². The minimum atomic E-state index is -0.306. The van der Waals surface area contributed by atoms with E-state index in [1.165, 1.54) is 0 Å². The summed E-state index contributed by atoms with van der Waals surface area (Å²) in [6.45, 7) is 9.66. The molecule has 9 heteroatoms. The van der Waals surface area contributed by atoms with Gasteiger partial charge in [0, 0.05) is 35.8 Å². The molecule has 174 valence electrons. The summed E-state index contributed by atoms with van der Waals surface area (Å²) >= 11 is 0. The molecule has 0 atom stereocenters. The van der Waals surface area contributed by atoms with Crippen LogP contribution in [-0.4, -0.2) is 44.4 Å². The number of benzene rings is 1. The average Bonchev–Trinajstić information content (AvgIpc) is 3.24. The molecule has 1 aliphatic heterocycles. The van der Waals surface area contributed by atoms with E-state index in [9.17, 15) is 4.79 Å². The zero-order valence-corrected chi connectivity index (χ0v) is 19.5. The van der Waals surface area contributed by atoms with Crippen molar-refractivity contribution < 1.29 is 14.3 Å². The molecule has 1 amide bonds. The van der Waals surface area contributed by atoms with Gasteiger partial charge >= 0.3 is 0 Å². The van der Waals surface area contributed by atoms with Crippen LogP contribution in [0.5, 0.6) is 5.75 Å². The van der Waals surface area contributed by atoms with E-state index in [4.69, 9.17) is 19.4 Å². The van der Waals surface area contributed by atoms with Crippen LogP contribution in [0, 0.1) is 0 Å². The maximum Gasteiger partial charge on any atom is 0.258 e. The van der Waals surface area contributed by atoms with Crippen LogP contribution in [-0.2, 0) is 29.1 Å². The molecule has 2 aromatic heterocycles. The van der Waals surface area contributed by atoms with E-state index in [0.717, 1.165) is 35.5 Å². The van der Waals surface area contributed by atoms with Gasteiger partial charge in [-0.15, -0.1) is 0 Å². The third-order valence-corrected chi connectivity index (χ3v) is 5.02. The number of aromatic nitrogens is 4. The van der Waals surface area contributed by atoms with Crippen molar-refractivity contribution in [3.8, 4) is 17.1 Å². The SMILES string of the molecule is CCn1cc(Nc2nc(-c3cccc(OCC(=O)NC(C)(C)C)c3)nc3c2COCC3)cn1. The largest absolute Gasteiger partial charge is 0.484 e. The van der Waals surface area contributed by atoms with E-state index in [1.54, 1.807) is 6.20 Å². The molecule has 1 aromatic carbocycles. The van der Waals surface area contributed by atoms with Gasteiger partial charge < -0.3 is 20.1 Å². The van der Waals surface area contributed by atoms with Gasteiger partial charge in [-0.1, -0.05) is 12.1 Å². The standard InChI is InChI=1S/C24H30N6O3/c1-5-30-13-17(12-25-30)26-23-19-14-32-10-9-20(19)27-22(28-23)16-7-6-8-18(11-16)33-15-21(31)29-24(2,3)4/h6-8,11-13H,5,9-10,14-15H2,1-4H3,(H,29,31)(H,26,27,28). The molecular weight excluding hydrogens is 420 g/mol. The van der Waals surface area contributed by atoms with Crippen LogP contribution >= 0.6 is 0 Å². The molecule has 0 fully saturated rings. The van der Waals surface area contributed by atoms with Crippen LogP contribution in [0.1, 0.15) is 39.0 Å². The second-order valence-corrected chi connectivity index (χ2v) is 8.95.